The normalized spacial score (nSPS) is 14.2. The SMILES string of the molecule is Cc1cccc(-n2ncc3c(N4CCN(c5ccc([N+](=O)[O-])cc5)CC4)ncnc32)c1. The van der Waals surface area contributed by atoms with Crippen LogP contribution in [0.3, 0.4) is 0 Å². The summed E-state index contributed by atoms with van der Waals surface area (Å²) in [5, 5.41) is 16.4. The zero-order chi connectivity index (χ0) is 21.4. The van der Waals surface area contributed by atoms with Crippen molar-refractivity contribution in [2.75, 3.05) is 36.0 Å². The Labute approximate surface area is 178 Å². The van der Waals surface area contributed by atoms with E-state index < -0.39 is 0 Å². The molecule has 1 aliphatic rings. The van der Waals surface area contributed by atoms with Crippen LogP contribution in [0.25, 0.3) is 16.7 Å². The molecular formula is C22H21N7O2. The van der Waals surface area contributed by atoms with E-state index in [1.165, 1.54) is 0 Å². The second kappa shape index (κ2) is 7.67. The summed E-state index contributed by atoms with van der Waals surface area (Å²) in [6.45, 7) is 5.24. The minimum absolute atomic E-state index is 0.108. The van der Waals surface area contributed by atoms with Gasteiger partial charge in [-0.3, -0.25) is 10.1 Å². The predicted octanol–water partition coefficient (Wildman–Crippen LogP) is 3.36. The second-order valence-electron chi connectivity index (χ2n) is 7.58. The van der Waals surface area contributed by atoms with E-state index in [0.717, 1.165) is 60.0 Å². The average molecular weight is 415 g/mol. The van der Waals surface area contributed by atoms with Crippen LogP contribution in [0.2, 0.25) is 0 Å². The Morgan fingerprint density at radius 3 is 2.39 bits per heavy atom. The molecule has 0 amide bonds. The highest BCUT2D eigenvalue weighted by molar-refractivity contribution is 5.87. The van der Waals surface area contributed by atoms with Gasteiger partial charge >= 0.3 is 0 Å². The first-order valence-corrected chi connectivity index (χ1v) is 10.1. The summed E-state index contributed by atoms with van der Waals surface area (Å²) in [5.41, 5.74) is 4.02. The maximum absolute atomic E-state index is 10.9. The van der Waals surface area contributed by atoms with E-state index in [0.29, 0.717) is 0 Å². The van der Waals surface area contributed by atoms with Crippen molar-refractivity contribution in [3.8, 4) is 5.69 Å². The number of nitrogens with zero attached hydrogens (tertiary/aromatic N) is 7. The Morgan fingerprint density at radius 1 is 0.935 bits per heavy atom. The number of hydrogen-bond donors (Lipinski definition) is 0. The van der Waals surface area contributed by atoms with E-state index in [2.05, 4.69) is 43.9 Å². The fourth-order valence-electron chi connectivity index (χ4n) is 3.99. The second-order valence-corrected chi connectivity index (χ2v) is 7.58. The van der Waals surface area contributed by atoms with Crippen LogP contribution >= 0.6 is 0 Å². The largest absolute Gasteiger partial charge is 0.368 e. The van der Waals surface area contributed by atoms with Gasteiger partial charge < -0.3 is 9.80 Å². The number of nitro benzene ring substituents is 1. The summed E-state index contributed by atoms with van der Waals surface area (Å²) in [6, 6.07) is 14.9. The van der Waals surface area contributed by atoms with Crippen molar-refractivity contribution in [2.24, 2.45) is 0 Å². The summed E-state index contributed by atoms with van der Waals surface area (Å²) < 4.78 is 1.85. The number of hydrogen-bond acceptors (Lipinski definition) is 7. The first-order chi connectivity index (χ1) is 15.1. The Morgan fingerprint density at radius 2 is 1.68 bits per heavy atom. The molecule has 5 rings (SSSR count). The van der Waals surface area contributed by atoms with Gasteiger partial charge in [-0.1, -0.05) is 12.1 Å². The van der Waals surface area contributed by atoms with E-state index >= 15 is 0 Å². The van der Waals surface area contributed by atoms with Crippen molar-refractivity contribution in [1.29, 1.82) is 0 Å². The van der Waals surface area contributed by atoms with Crippen LogP contribution in [-0.4, -0.2) is 50.9 Å². The molecule has 0 bridgehead atoms. The molecule has 31 heavy (non-hydrogen) atoms. The third-order valence-electron chi connectivity index (χ3n) is 5.60. The number of piperazine rings is 1. The number of aryl methyl sites for hydroxylation is 1. The van der Waals surface area contributed by atoms with Crippen LogP contribution < -0.4 is 9.80 Å². The molecule has 0 N–H and O–H groups in total. The van der Waals surface area contributed by atoms with E-state index in [1.807, 2.05) is 35.1 Å². The van der Waals surface area contributed by atoms with Crippen molar-refractivity contribution >= 4 is 28.2 Å². The van der Waals surface area contributed by atoms with Crippen molar-refractivity contribution in [3.05, 3.63) is 76.7 Å². The molecule has 0 aliphatic carbocycles. The lowest BCUT2D eigenvalue weighted by molar-refractivity contribution is -0.384. The molecule has 4 aromatic rings. The molecule has 9 heteroatoms. The lowest BCUT2D eigenvalue weighted by Crippen LogP contribution is -2.46. The Kier molecular flexibility index (Phi) is 4.70. The third kappa shape index (κ3) is 3.54. The monoisotopic (exact) mass is 415 g/mol. The Bertz CT molecular complexity index is 1240. The average Bonchev–Trinajstić information content (AvgIpc) is 3.24. The van der Waals surface area contributed by atoms with Gasteiger partial charge in [0.25, 0.3) is 5.69 Å². The van der Waals surface area contributed by atoms with E-state index in [4.69, 9.17) is 0 Å². The first-order valence-electron chi connectivity index (χ1n) is 10.1. The van der Waals surface area contributed by atoms with Gasteiger partial charge in [-0.05, 0) is 36.8 Å². The highest BCUT2D eigenvalue weighted by Gasteiger charge is 2.22. The molecule has 0 spiro atoms. The Hall–Kier alpha value is -4.01. The topological polar surface area (TPSA) is 93.2 Å². The molecule has 3 heterocycles. The number of non-ortho nitro benzene ring substituents is 1. The molecule has 1 saturated heterocycles. The van der Waals surface area contributed by atoms with Gasteiger partial charge in [0, 0.05) is 44.0 Å². The fourth-order valence-corrected chi connectivity index (χ4v) is 3.99. The molecule has 0 saturated carbocycles. The lowest BCUT2D eigenvalue weighted by Gasteiger charge is -2.36. The fraction of sp³-hybridized carbons (Fsp3) is 0.227. The molecule has 156 valence electrons. The molecule has 2 aromatic carbocycles. The number of rotatable bonds is 4. The molecular weight excluding hydrogens is 394 g/mol. The van der Waals surface area contributed by atoms with E-state index in [-0.39, 0.29) is 10.6 Å². The first kappa shape index (κ1) is 19.0. The van der Waals surface area contributed by atoms with Gasteiger partial charge in [0.15, 0.2) is 5.65 Å². The molecule has 1 fully saturated rings. The Balaban J connectivity index is 1.37. The van der Waals surface area contributed by atoms with Gasteiger partial charge in [-0.15, -0.1) is 0 Å². The summed E-state index contributed by atoms with van der Waals surface area (Å²) in [5.74, 6) is 0.882. The minimum atomic E-state index is -0.376. The number of benzene rings is 2. The van der Waals surface area contributed by atoms with E-state index in [9.17, 15) is 10.1 Å². The molecule has 9 nitrogen and oxygen atoms in total. The lowest BCUT2D eigenvalue weighted by atomic mass is 10.2. The van der Waals surface area contributed by atoms with Crippen LogP contribution in [-0.2, 0) is 0 Å². The maximum atomic E-state index is 10.9. The van der Waals surface area contributed by atoms with Crippen molar-refractivity contribution in [1.82, 2.24) is 19.7 Å². The molecule has 0 radical (unpaired) electrons. The van der Waals surface area contributed by atoms with Gasteiger partial charge in [-0.25, -0.2) is 14.6 Å². The summed E-state index contributed by atoms with van der Waals surface area (Å²) in [4.78, 5) is 24.0. The molecule has 0 unspecified atom stereocenters. The predicted molar refractivity (Wildman–Crippen MR) is 119 cm³/mol. The highest BCUT2D eigenvalue weighted by Crippen LogP contribution is 2.27. The standard InChI is InChI=1S/C22H21N7O2/c1-16-3-2-4-19(13-16)28-22-20(14-25-28)21(23-15-24-22)27-11-9-26(10-12-27)17-5-7-18(8-6-17)29(30)31/h2-8,13-15H,9-12H2,1H3. The van der Waals surface area contributed by atoms with Crippen molar-refractivity contribution < 1.29 is 4.92 Å². The number of nitro groups is 1. The zero-order valence-electron chi connectivity index (χ0n) is 17.0. The van der Waals surface area contributed by atoms with Crippen molar-refractivity contribution in [3.63, 3.8) is 0 Å². The van der Waals surface area contributed by atoms with Crippen LogP contribution in [0.5, 0.6) is 0 Å². The van der Waals surface area contributed by atoms with E-state index in [1.54, 1.807) is 18.5 Å². The van der Waals surface area contributed by atoms with Gasteiger partial charge in [0.2, 0.25) is 0 Å². The van der Waals surface area contributed by atoms with Crippen molar-refractivity contribution in [2.45, 2.75) is 6.92 Å². The van der Waals surface area contributed by atoms with Gasteiger partial charge in [0.05, 0.1) is 22.2 Å². The third-order valence-corrected chi connectivity index (χ3v) is 5.60. The smallest absolute Gasteiger partial charge is 0.269 e. The number of aromatic nitrogens is 4. The minimum Gasteiger partial charge on any atom is -0.368 e. The van der Waals surface area contributed by atoms with Crippen LogP contribution in [0, 0.1) is 17.0 Å². The highest BCUT2D eigenvalue weighted by atomic mass is 16.6. The maximum Gasteiger partial charge on any atom is 0.269 e. The zero-order valence-corrected chi connectivity index (χ0v) is 17.0. The summed E-state index contributed by atoms with van der Waals surface area (Å²) >= 11 is 0. The number of fused-ring (bicyclic) bond motifs is 1. The van der Waals surface area contributed by atoms with Crippen LogP contribution in [0.4, 0.5) is 17.2 Å². The molecule has 2 aromatic heterocycles. The van der Waals surface area contributed by atoms with Gasteiger partial charge in [-0.2, -0.15) is 5.10 Å². The quantitative estimate of drug-likeness (QED) is 0.373. The van der Waals surface area contributed by atoms with Crippen LogP contribution in [0.15, 0.2) is 61.1 Å². The summed E-state index contributed by atoms with van der Waals surface area (Å²) in [7, 11) is 0. The van der Waals surface area contributed by atoms with Crippen LogP contribution in [0.1, 0.15) is 5.56 Å². The molecule has 1 aliphatic heterocycles. The number of anilines is 2. The molecule has 0 atom stereocenters. The van der Waals surface area contributed by atoms with Gasteiger partial charge in [0.1, 0.15) is 12.1 Å². The summed E-state index contributed by atoms with van der Waals surface area (Å²) in [6.07, 6.45) is 3.42.